The summed E-state index contributed by atoms with van der Waals surface area (Å²) in [6.45, 7) is 0. The van der Waals surface area contributed by atoms with Crippen molar-refractivity contribution in [2.24, 2.45) is 0 Å². The fourth-order valence-corrected chi connectivity index (χ4v) is 3.31. The van der Waals surface area contributed by atoms with Crippen molar-refractivity contribution in [3.05, 3.63) is 101 Å². The maximum atomic E-state index is 12.5. The van der Waals surface area contributed by atoms with Gasteiger partial charge in [-0.3, -0.25) is 14.6 Å². The second-order valence-electron chi connectivity index (χ2n) is 7.08. The van der Waals surface area contributed by atoms with Gasteiger partial charge in [0.25, 0.3) is 0 Å². The number of nitrogens with zero attached hydrogens (tertiary/aromatic N) is 1. The van der Waals surface area contributed by atoms with Crippen molar-refractivity contribution in [1.82, 2.24) is 4.98 Å². The average molecular weight is 435 g/mol. The number of unbranched alkanes of at least 4 members (excludes halogenated alkanes) is 1. The van der Waals surface area contributed by atoms with E-state index in [2.05, 4.69) is 10.3 Å². The summed E-state index contributed by atoms with van der Waals surface area (Å²) in [6, 6.07) is 18.6. The number of benzene rings is 2. The van der Waals surface area contributed by atoms with Crippen LogP contribution in [-0.4, -0.2) is 22.0 Å². The normalized spacial score (nSPS) is 11.2. The molecule has 1 amide bonds. The molecule has 1 aromatic heterocycles. The minimum Gasteiger partial charge on any atom is -0.481 e. The van der Waals surface area contributed by atoms with Crippen LogP contribution in [-0.2, 0) is 16.0 Å². The highest BCUT2D eigenvalue weighted by atomic mass is 35.5. The van der Waals surface area contributed by atoms with Crippen LogP contribution in [0.25, 0.3) is 5.57 Å². The highest BCUT2D eigenvalue weighted by Crippen LogP contribution is 2.26. The lowest BCUT2D eigenvalue weighted by Gasteiger charge is -2.11. The smallest absolute Gasteiger partial charge is 0.303 e. The molecule has 2 N–H and O–H groups in total. The van der Waals surface area contributed by atoms with Gasteiger partial charge in [-0.2, -0.15) is 0 Å². The number of allylic oxidation sites excluding steroid dienone is 1. The SMILES string of the molecule is O=C(O)CCCC=C(c1cccnc1)c1cccc(NC(=O)Cc2ccc(Cl)cc2)c1. The Hall–Kier alpha value is -3.44. The lowest BCUT2D eigenvalue weighted by Crippen LogP contribution is -2.14. The Kier molecular flexibility index (Phi) is 7.96. The third-order valence-corrected chi connectivity index (χ3v) is 4.90. The maximum absolute atomic E-state index is 12.5. The zero-order chi connectivity index (χ0) is 22.1. The molecule has 0 aliphatic heterocycles. The number of anilines is 1. The van der Waals surface area contributed by atoms with Crippen LogP contribution in [0.15, 0.2) is 79.1 Å². The van der Waals surface area contributed by atoms with Crippen molar-refractivity contribution in [1.29, 1.82) is 0 Å². The van der Waals surface area contributed by atoms with Crippen molar-refractivity contribution in [3.8, 4) is 0 Å². The Morgan fingerprint density at radius 3 is 2.52 bits per heavy atom. The fraction of sp³-hybridized carbons (Fsp3) is 0.160. The summed E-state index contributed by atoms with van der Waals surface area (Å²) >= 11 is 5.90. The number of carbonyl (C=O) groups is 2. The van der Waals surface area contributed by atoms with Gasteiger partial charge in [0.05, 0.1) is 6.42 Å². The Morgan fingerprint density at radius 1 is 1.03 bits per heavy atom. The van der Waals surface area contributed by atoms with E-state index < -0.39 is 5.97 Å². The molecule has 0 saturated carbocycles. The van der Waals surface area contributed by atoms with Crippen LogP contribution in [0, 0.1) is 0 Å². The minimum absolute atomic E-state index is 0.118. The zero-order valence-corrected chi connectivity index (χ0v) is 17.7. The van der Waals surface area contributed by atoms with E-state index in [1.54, 1.807) is 24.5 Å². The van der Waals surface area contributed by atoms with Gasteiger partial charge in [0, 0.05) is 35.1 Å². The van der Waals surface area contributed by atoms with Crippen LogP contribution in [0.3, 0.4) is 0 Å². The van der Waals surface area contributed by atoms with E-state index in [1.807, 2.05) is 54.6 Å². The number of hydrogen-bond acceptors (Lipinski definition) is 3. The summed E-state index contributed by atoms with van der Waals surface area (Å²) in [6.07, 6.45) is 7.06. The first kappa shape index (κ1) is 22.2. The van der Waals surface area contributed by atoms with E-state index in [0.717, 1.165) is 22.3 Å². The first-order valence-electron chi connectivity index (χ1n) is 9.98. The average Bonchev–Trinajstić information content (AvgIpc) is 2.76. The molecule has 6 heteroatoms. The second-order valence-corrected chi connectivity index (χ2v) is 7.51. The first-order chi connectivity index (χ1) is 15.0. The van der Waals surface area contributed by atoms with Crippen LogP contribution < -0.4 is 5.32 Å². The molecule has 0 spiro atoms. The molecule has 158 valence electrons. The number of aromatic nitrogens is 1. The van der Waals surface area contributed by atoms with Crippen molar-refractivity contribution in [2.45, 2.75) is 25.7 Å². The minimum atomic E-state index is -0.804. The van der Waals surface area contributed by atoms with Crippen molar-refractivity contribution >= 4 is 34.7 Å². The van der Waals surface area contributed by atoms with E-state index in [-0.39, 0.29) is 18.7 Å². The number of rotatable bonds is 9. The van der Waals surface area contributed by atoms with Gasteiger partial charge in [-0.25, -0.2) is 0 Å². The Bertz CT molecular complexity index is 1060. The number of carbonyl (C=O) groups excluding carboxylic acids is 1. The van der Waals surface area contributed by atoms with Crippen LogP contribution in [0.4, 0.5) is 5.69 Å². The molecule has 0 saturated heterocycles. The van der Waals surface area contributed by atoms with E-state index in [4.69, 9.17) is 16.7 Å². The number of pyridine rings is 1. The van der Waals surface area contributed by atoms with Gasteiger partial charge in [-0.15, -0.1) is 0 Å². The number of amides is 1. The molecular weight excluding hydrogens is 412 g/mol. The number of carboxylic acids is 1. The highest BCUT2D eigenvalue weighted by Gasteiger charge is 2.09. The third-order valence-electron chi connectivity index (χ3n) is 4.65. The van der Waals surface area contributed by atoms with Crippen LogP contribution in [0.2, 0.25) is 5.02 Å². The number of nitrogens with one attached hydrogen (secondary N) is 1. The third kappa shape index (κ3) is 7.08. The summed E-state index contributed by atoms with van der Waals surface area (Å²) in [5.74, 6) is -0.922. The molecule has 1 heterocycles. The van der Waals surface area contributed by atoms with Crippen molar-refractivity contribution < 1.29 is 14.7 Å². The van der Waals surface area contributed by atoms with Gasteiger partial charge in [0.1, 0.15) is 0 Å². The topological polar surface area (TPSA) is 79.3 Å². The highest BCUT2D eigenvalue weighted by molar-refractivity contribution is 6.30. The van der Waals surface area contributed by atoms with Crippen LogP contribution in [0.5, 0.6) is 0 Å². The van der Waals surface area contributed by atoms with E-state index in [9.17, 15) is 9.59 Å². The molecule has 0 unspecified atom stereocenters. The molecule has 3 rings (SSSR count). The molecule has 5 nitrogen and oxygen atoms in total. The molecule has 0 bridgehead atoms. The number of hydrogen-bond donors (Lipinski definition) is 2. The Balaban J connectivity index is 1.76. The number of aliphatic carboxylic acids is 1. The molecule has 31 heavy (non-hydrogen) atoms. The number of halogens is 1. The summed E-state index contributed by atoms with van der Waals surface area (Å²) in [7, 11) is 0. The summed E-state index contributed by atoms with van der Waals surface area (Å²) in [4.78, 5) is 27.5. The largest absolute Gasteiger partial charge is 0.481 e. The van der Waals surface area contributed by atoms with Crippen LogP contribution >= 0.6 is 11.6 Å². The predicted molar refractivity (Wildman–Crippen MR) is 123 cm³/mol. The van der Waals surface area contributed by atoms with E-state index >= 15 is 0 Å². The zero-order valence-electron chi connectivity index (χ0n) is 16.9. The number of carboxylic acid groups (broad SMARTS) is 1. The van der Waals surface area contributed by atoms with Gasteiger partial charge >= 0.3 is 5.97 Å². The van der Waals surface area contributed by atoms with Gasteiger partial charge < -0.3 is 10.4 Å². The summed E-state index contributed by atoms with van der Waals surface area (Å²) < 4.78 is 0. The van der Waals surface area contributed by atoms with Gasteiger partial charge in [0.2, 0.25) is 5.91 Å². The molecule has 2 aromatic carbocycles. The van der Waals surface area contributed by atoms with Gasteiger partial charge in [-0.05, 0) is 59.9 Å². The van der Waals surface area contributed by atoms with Gasteiger partial charge in [-0.1, -0.05) is 48.0 Å². The standard InChI is InChI=1S/C25H23ClN2O3/c26-21-12-10-18(11-13-21)15-24(29)28-22-7-3-5-19(16-22)23(8-1-2-9-25(30)31)20-6-4-14-27-17-20/h3-8,10-14,16-17H,1-2,9,15H2,(H,28,29)(H,30,31). The van der Waals surface area contributed by atoms with Crippen LogP contribution in [0.1, 0.15) is 36.0 Å². The lowest BCUT2D eigenvalue weighted by atomic mass is 9.97. The second kappa shape index (κ2) is 11.1. The molecular formula is C25H23ClN2O3. The Morgan fingerprint density at radius 2 is 1.81 bits per heavy atom. The Labute approximate surface area is 186 Å². The maximum Gasteiger partial charge on any atom is 0.303 e. The molecule has 0 fully saturated rings. The summed E-state index contributed by atoms with van der Waals surface area (Å²) in [5, 5.41) is 12.5. The van der Waals surface area contributed by atoms with Crippen molar-refractivity contribution in [2.75, 3.05) is 5.32 Å². The van der Waals surface area contributed by atoms with E-state index in [1.165, 1.54) is 0 Å². The quantitative estimate of drug-likeness (QED) is 0.429. The molecule has 0 atom stereocenters. The molecule has 3 aromatic rings. The monoisotopic (exact) mass is 434 g/mol. The first-order valence-corrected chi connectivity index (χ1v) is 10.4. The predicted octanol–water partition coefficient (Wildman–Crippen LogP) is 5.60. The van der Waals surface area contributed by atoms with E-state index in [0.29, 0.717) is 23.6 Å². The van der Waals surface area contributed by atoms with Crippen molar-refractivity contribution in [3.63, 3.8) is 0 Å². The molecule has 0 radical (unpaired) electrons. The molecule has 0 aliphatic rings. The molecule has 0 aliphatic carbocycles. The lowest BCUT2D eigenvalue weighted by molar-refractivity contribution is -0.137. The summed E-state index contributed by atoms with van der Waals surface area (Å²) in [5.41, 5.74) is 4.38. The van der Waals surface area contributed by atoms with Gasteiger partial charge in [0.15, 0.2) is 0 Å². The fourth-order valence-electron chi connectivity index (χ4n) is 3.18.